The van der Waals surface area contributed by atoms with E-state index < -0.39 is 5.54 Å². The summed E-state index contributed by atoms with van der Waals surface area (Å²) in [5.74, 6) is 0.0500. The molecule has 3 rings (SSSR count). The van der Waals surface area contributed by atoms with E-state index in [1.165, 1.54) is 17.7 Å². The van der Waals surface area contributed by atoms with Crippen molar-refractivity contribution in [1.82, 2.24) is 5.32 Å². The lowest BCUT2D eigenvalue weighted by Gasteiger charge is -2.32. The van der Waals surface area contributed by atoms with Crippen molar-refractivity contribution in [1.29, 1.82) is 0 Å². The van der Waals surface area contributed by atoms with Gasteiger partial charge in [-0.3, -0.25) is 4.79 Å². The Morgan fingerprint density at radius 1 is 1.17 bits per heavy atom. The highest BCUT2D eigenvalue weighted by Crippen LogP contribution is 2.27. The summed E-state index contributed by atoms with van der Waals surface area (Å²) in [5.41, 5.74) is 8.43. The van der Waals surface area contributed by atoms with Crippen molar-refractivity contribution >= 4 is 36.4 Å². The van der Waals surface area contributed by atoms with Crippen LogP contribution in [0.1, 0.15) is 44.1 Å². The lowest BCUT2D eigenvalue weighted by Crippen LogP contribution is -2.55. The highest BCUT2D eigenvalue weighted by Gasteiger charge is 2.34. The third-order valence-corrected chi connectivity index (χ3v) is 5.07. The molecule has 1 aromatic rings. The Kier molecular flexibility index (Phi) is 8.34. The van der Waals surface area contributed by atoms with E-state index in [0.29, 0.717) is 0 Å². The number of carbonyl (C=O) groups is 1. The zero-order valence-electron chi connectivity index (χ0n) is 14.1. The van der Waals surface area contributed by atoms with E-state index in [0.717, 1.165) is 58.2 Å². The number of rotatable bonds is 5. The SMILES string of the molecule is Cl.Cl.NC1(C(=O)NCCCN2CCc3ccccc32)CCCCC1. The number of nitrogens with zero attached hydrogens (tertiary/aromatic N) is 1. The van der Waals surface area contributed by atoms with Crippen LogP contribution < -0.4 is 16.0 Å². The fourth-order valence-electron chi connectivity index (χ4n) is 3.70. The number of hydrogen-bond acceptors (Lipinski definition) is 3. The molecule has 2 aliphatic rings. The van der Waals surface area contributed by atoms with Crippen molar-refractivity contribution in [3.63, 3.8) is 0 Å². The Morgan fingerprint density at radius 2 is 1.88 bits per heavy atom. The molecule has 1 heterocycles. The number of hydrogen-bond donors (Lipinski definition) is 2. The summed E-state index contributed by atoms with van der Waals surface area (Å²) in [7, 11) is 0. The summed E-state index contributed by atoms with van der Waals surface area (Å²) in [5, 5.41) is 3.05. The van der Waals surface area contributed by atoms with E-state index in [9.17, 15) is 4.79 Å². The minimum absolute atomic E-state index is 0. The van der Waals surface area contributed by atoms with E-state index in [1.807, 2.05) is 0 Å². The third-order valence-electron chi connectivity index (χ3n) is 5.07. The van der Waals surface area contributed by atoms with Gasteiger partial charge < -0.3 is 16.0 Å². The largest absolute Gasteiger partial charge is 0.371 e. The first-order chi connectivity index (χ1) is 10.7. The van der Waals surface area contributed by atoms with Crippen molar-refractivity contribution in [2.75, 3.05) is 24.5 Å². The van der Waals surface area contributed by atoms with Gasteiger partial charge in [-0.05, 0) is 37.3 Å². The fourth-order valence-corrected chi connectivity index (χ4v) is 3.70. The molecule has 136 valence electrons. The first kappa shape index (κ1) is 21.1. The number of anilines is 1. The first-order valence-corrected chi connectivity index (χ1v) is 8.59. The van der Waals surface area contributed by atoms with E-state index >= 15 is 0 Å². The number of benzene rings is 1. The lowest BCUT2D eigenvalue weighted by molar-refractivity contribution is -0.127. The van der Waals surface area contributed by atoms with Crippen LogP contribution in [-0.4, -0.2) is 31.1 Å². The van der Waals surface area contributed by atoms with Gasteiger partial charge in [0.25, 0.3) is 0 Å². The van der Waals surface area contributed by atoms with Crippen LogP contribution >= 0.6 is 24.8 Å². The molecule has 0 unspecified atom stereocenters. The minimum Gasteiger partial charge on any atom is -0.371 e. The van der Waals surface area contributed by atoms with E-state index in [-0.39, 0.29) is 30.7 Å². The van der Waals surface area contributed by atoms with Crippen molar-refractivity contribution in [2.24, 2.45) is 5.73 Å². The van der Waals surface area contributed by atoms with Gasteiger partial charge in [0.05, 0.1) is 5.54 Å². The number of amides is 1. The van der Waals surface area contributed by atoms with E-state index in [1.54, 1.807) is 0 Å². The van der Waals surface area contributed by atoms with Gasteiger partial charge in [0, 0.05) is 25.3 Å². The van der Waals surface area contributed by atoms with Gasteiger partial charge in [-0.15, -0.1) is 24.8 Å². The van der Waals surface area contributed by atoms with Gasteiger partial charge in [-0.25, -0.2) is 0 Å². The average Bonchev–Trinajstić information content (AvgIpc) is 2.95. The molecule has 0 saturated heterocycles. The van der Waals surface area contributed by atoms with E-state index in [2.05, 4.69) is 34.5 Å². The van der Waals surface area contributed by atoms with Crippen molar-refractivity contribution in [3.05, 3.63) is 29.8 Å². The fraction of sp³-hybridized carbons (Fsp3) is 0.611. The van der Waals surface area contributed by atoms with Gasteiger partial charge in [0.15, 0.2) is 0 Å². The van der Waals surface area contributed by atoms with Crippen LogP contribution in [-0.2, 0) is 11.2 Å². The number of halogens is 2. The molecule has 4 nitrogen and oxygen atoms in total. The Morgan fingerprint density at radius 3 is 2.62 bits per heavy atom. The van der Waals surface area contributed by atoms with Gasteiger partial charge in [-0.1, -0.05) is 37.5 Å². The Balaban J connectivity index is 0.00000144. The highest BCUT2D eigenvalue weighted by atomic mass is 35.5. The van der Waals surface area contributed by atoms with Gasteiger partial charge in [0.1, 0.15) is 0 Å². The molecule has 6 heteroatoms. The zero-order valence-corrected chi connectivity index (χ0v) is 15.8. The quantitative estimate of drug-likeness (QED) is 0.779. The van der Waals surface area contributed by atoms with Crippen LogP contribution in [0.25, 0.3) is 0 Å². The second-order valence-electron chi connectivity index (χ2n) is 6.69. The van der Waals surface area contributed by atoms with Gasteiger partial charge in [0.2, 0.25) is 5.91 Å². The number of nitrogens with one attached hydrogen (secondary N) is 1. The summed E-state index contributed by atoms with van der Waals surface area (Å²) >= 11 is 0. The first-order valence-electron chi connectivity index (χ1n) is 8.59. The molecule has 0 atom stereocenters. The summed E-state index contributed by atoms with van der Waals surface area (Å²) in [6, 6.07) is 8.60. The molecule has 0 bridgehead atoms. The van der Waals surface area contributed by atoms with Crippen molar-refractivity contribution < 1.29 is 4.79 Å². The average molecular weight is 374 g/mol. The third kappa shape index (κ3) is 4.78. The summed E-state index contributed by atoms with van der Waals surface area (Å²) in [4.78, 5) is 14.7. The van der Waals surface area contributed by atoms with Crippen LogP contribution in [0, 0.1) is 0 Å². The normalized spacial score (nSPS) is 18.1. The van der Waals surface area contributed by atoms with E-state index in [4.69, 9.17) is 5.73 Å². The molecule has 3 N–H and O–H groups in total. The molecule has 1 aromatic carbocycles. The predicted molar refractivity (Wildman–Crippen MR) is 104 cm³/mol. The van der Waals surface area contributed by atoms with Crippen molar-refractivity contribution in [3.8, 4) is 0 Å². The number of nitrogens with two attached hydrogens (primary N) is 1. The molecule has 0 radical (unpaired) electrons. The molecule has 0 aromatic heterocycles. The molecule has 0 spiro atoms. The number of carbonyl (C=O) groups excluding carboxylic acids is 1. The molecule has 1 amide bonds. The lowest BCUT2D eigenvalue weighted by atomic mass is 9.82. The summed E-state index contributed by atoms with van der Waals surface area (Å²) < 4.78 is 0. The Hall–Kier alpha value is -0.970. The molecule has 1 aliphatic carbocycles. The molecule has 1 fully saturated rings. The second-order valence-corrected chi connectivity index (χ2v) is 6.69. The zero-order chi connectivity index (χ0) is 15.4. The molecule has 1 saturated carbocycles. The smallest absolute Gasteiger partial charge is 0.240 e. The minimum atomic E-state index is -0.613. The van der Waals surface area contributed by atoms with Gasteiger partial charge in [-0.2, -0.15) is 0 Å². The topological polar surface area (TPSA) is 58.4 Å². The monoisotopic (exact) mass is 373 g/mol. The summed E-state index contributed by atoms with van der Waals surface area (Å²) in [6.45, 7) is 2.80. The van der Waals surface area contributed by atoms with Crippen LogP contribution in [0.3, 0.4) is 0 Å². The molecule has 1 aliphatic heterocycles. The maximum absolute atomic E-state index is 12.3. The standard InChI is InChI=1S/C18H27N3O.2ClH/c19-18(10-4-1-5-11-18)17(22)20-12-6-13-21-14-9-15-7-2-3-8-16(15)21;;/h2-3,7-8H,1,4-6,9-14,19H2,(H,20,22);2*1H. The molecular weight excluding hydrogens is 345 g/mol. The van der Waals surface area contributed by atoms with Crippen LogP contribution in [0.5, 0.6) is 0 Å². The summed E-state index contributed by atoms with van der Waals surface area (Å²) in [6.07, 6.45) is 7.13. The van der Waals surface area contributed by atoms with Gasteiger partial charge >= 0.3 is 0 Å². The maximum atomic E-state index is 12.3. The van der Waals surface area contributed by atoms with Crippen LogP contribution in [0.4, 0.5) is 5.69 Å². The predicted octanol–water partition coefficient (Wildman–Crippen LogP) is 3.06. The molecule has 24 heavy (non-hydrogen) atoms. The number of para-hydroxylation sites is 1. The van der Waals surface area contributed by atoms with Crippen molar-refractivity contribution in [2.45, 2.75) is 50.5 Å². The number of fused-ring (bicyclic) bond motifs is 1. The highest BCUT2D eigenvalue weighted by molar-refractivity contribution is 5.86. The Bertz CT molecular complexity index is 533. The second kappa shape index (κ2) is 9.50. The van der Waals surface area contributed by atoms with Crippen LogP contribution in [0.2, 0.25) is 0 Å². The van der Waals surface area contributed by atoms with Crippen LogP contribution in [0.15, 0.2) is 24.3 Å². The Labute approximate surface area is 157 Å². The molecular formula is C18H29Cl2N3O. The maximum Gasteiger partial charge on any atom is 0.240 e.